The minimum atomic E-state index is -0.101. The fourth-order valence-corrected chi connectivity index (χ4v) is 3.36. The van der Waals surface area contributed by atoms with E-state index in [1.54, 1.807) is 13.9 Å². The first kappa shape index (κ1) is 17.4. The number of hydrogen-bond donors (Lipinski definition) is 1. The van der Waals surface area contributed by atoms with Crippen LogP contribution in [0.1, 0.15) is 55.1 Å². The molecule has 1 amide bonds. The average molecular weight is 346 g/mol. The molecule has 3 heterocycles. The van der Waals surface area contributed by atoms with Crippen molar-refractivity contribution < 1.29 is 4.79 Å². The number of aromatic nitrogens is 5. The first-order valence-electron chi connectivity index (χ1n) is 9.05. The third kappa shape index (κ3) is 3.52. The molecule has 0 spiro atoms. The van der Waals surface area contributed by atoms with Crippen molar-refractivity contribution in [3.8, 4) is 0 Å². The monoisotopic (exact) mass is 346 g/mol. The Balaban J connectivity index is 1.68. The molecule has 136 valence electrons. The maximum absolute atomic E-state index is 12.6. The van der Waals surface area contributed by atoms with Crippen LogP contribution in [0.2, 0.25) is 0 Å². The van der Waals surface area contributed by atoms with Crippen LogP contribution in [0.5, 0.6) is 0 Å². The molecular weight excluding hydrogens is 320 g/mol. The molecule has 0 fully saturated rings. The third-order valence-electron chi connectivity index (χ3n) is 4.62. The lowest BCUT2D eigenvalue weighted by Crippen LogP contribution is -2.37. The van der Waals surface area contributed by atoms with Crippen LogP contribution < -0.4 is 11.0 Å². The molecule has 0 aromatic carbocycles. The van der Waals surface area contributed by atoms with E-state index in [1.165, 1.54) is 0 Å². The molecule has 1 aliphatic rings. The zero-order chi connectivity index (χ0) is 18.0. The molecule has 0 saturated heterocycles. The smallest absolute Gasteiger partial charge is 0.345 e. The van der Waals surface area contributed by atoms with Crippen molar-refractivity contribution in [2.75, 3.05) is 0 Å². The molecule has 0 bridgehead atoms. The molecule has 2 aromatic heterocycles. The van der Waals surface area contributed by atoms with E-state index in [4.69, 9.17) is 0 Å². The minimum Gasteiger partial charge on any atom is -0.348 e. The van der Waals surface area contributed by atoms with Crippen LogP contribution in [0.4, 0.5) is 0 Å². The van der Waals surface area contributed by atoms with Gasteiger partial charge in [-0.2, -0.15) is 10.2 Å². The Bertz CT molecular complexity index is 816. The van der Waals surface area contributed by atoms with Crippen LogP contribution in [-0.4, -0.2) is 36.1 Å². The standard InChI is InChI=1S/C17H26N6O2/c1-4-9-23-17(25)21-10-8-13(6-7-15(21)20-23)18-16(24)14-11-12(3)19-22(14)5-2/h11,13H,4-10H2,1-3H3,(H,18,24). The van der Waals surface area contributed by atoms with Gasteiger partial charge in [0.25, 0.3) is 5.91 Å². The summed E-state index contributed by atoms with van der Waals surface area (Å²) >= 11 is 0. The largest absolute Gasteiger partial charge is 0.348 e. The van der Waals surface area contributed by atoms with E-state index in [9.17, 15) is 9.59 Å². The Labute approximate surface area is 146 Å². The molecule has 8 heteroatoms. The predicted molar refractivity (Wildman–Crippen MR) is 93.6 cm³/mol. The number of amides is 1. The Kier molecular flexibility index (Phi) is 5.06. The van der Waals surface area contributed by atoms with E-state index in [2.05, 4.69) is 15.5 Å². The Morgan fingerprint density at radius 3 is 2.80 bits per heavy atom. The van der Waals surface area contributed by atoms with Gasteiger partial charge in [-0.05, 0) is 39.2 Å². The van der Waals surface area contributed by atoms with E-state index in [0.717, 1.165) is 30.8 Å². The minimum absolute atomic E-state index is 0.0359. The number of carbonyl (C=O) groups excluding carboxylic acids is 1. The molecule has 3 rings (SSSR count). The van der Waals surface area contributed by atoms with Gasteiger partial charge in [0.15, 0.2) is 0 Å². The van der Waals surface area contributed by atoms with Crippen LogP contribution in [0, 0.1) is 6.92 Å². The number of carbonyl (C=O) groups is 1. The van der Waals surface area contributed by atoms with Gasteiger partial charge in [-0.1, -0.05) is 6.92 Å². The van der Waals surface area contributed by atoms with E-state index in [0.29, 0.717) is 31.7 Å². The van der Waals surface area contributed by atoms with Crippen molar-refractivity contribution in [2.45, 2.75) is 72.1 Å². The third-order valence-corrected chi connectivity index (χ3v) is 4.62. The van der Waals surface area contributed by atoms with Crippen molar-refractivity contribution in [2.24, 2.45) is 0 Å². The quantitative estimate of drug-likeness (QED) is 0.879. The lowest BCUT2D eigenvalue weighted by molar-refractivity contribution is 0.0922. The molecule has 8 nitrogen and oxygen atoms in total. The summed E-state index contributed by atoms with van der Waals surface area (Å²) in [6.45, 7) is 7.79. The van der Waals surface area contributed by atoms with Gasteiger partial charge in [-0.15, -0.1) is 0 Å². The van der Waals surface area contributed by atoms with E-state index >= 15 is 0 Å². The predicted octanol–water partition coefficient (Wildman–Crippen LogP) is 1.11. The molecule has 1 unspecified atom stereocenters. The van der Waals surface area contributed by atoms with Crippen molar-refractivity contribution in [3.05, 3.63) is 33.8 Å². The molecule has 0 radical (unpaired) electrons. The van der Waals surface area contributed by atoms with Gasteiger partial charge in [0, 0.05) is 32.1 Å². The topological polar surface area (TPSA) is 86.7 Å². The second kappa shape index (κ2) is 7.25. The lowest BCUT2D eigenvalue weighted by Gasteiger charge is -2.16. The maximum Gasteiger partial charge on any atom is 0.345 e. The number of fused-ring (bicyclic) bond motifs is 1. The van der Waals surface area contributed by atoms with Gasteiger partial charge in [0.2, 0.25) is 0 Å². The number of nitrogens with zero attached hydrogens (tertiary/aromatic N) is 5. The summed E-state index contributed by atoms with van der Waals surface area (Å²) < 4.78 is 5.02. The van der Waals surface area contributed by atoms with Gasteiger partial charge in [-0.3, -0.25) is 14.0 Å². The van der Waals surface area contributed by atoms with Crippen molar-refractivity contribution in [1.82, 2.24) is 29.4 Å². The van der Waals surface area contributed by atoms with E-state index < -0.39 is 0 Å². The normalized spacial score (nSPS) is 17.2. The van der Waals surface area contributed by atoms with E-state index in [1.807, 2.05) is 26.8 Å². The molecule has 0 saturated carbocycles. The van der Waals surface area contributed by atoms with E-state index in [-0.39, 0.29) is 17.6 Å². The van der Waals surface area contributed by atoms with Crippen LogP contribution in [0.25, 0.3) is 0 Å². The summed E-state index contributed by atoms with van der Waals surface area (Å²) in [5.41, 5.74) is 1.39. The van der Waals surface area contributed by atoms with Gasteiger partial charge in [0.05, 0.1) is 5.69 Å². The second-order valence-corrected chi connectivity index (χ2v) is 6.56. The van der Waals surface area contributed by atoms with Crippen LogP contribution >= 0.6 is 0 Å². The number of rotatable bonds is 5. The van der Waals surface area contributed by atoms with Gasteiger partial charge >= 0.3 is 5.69 Å². The summed E-state index contributed by atoms with van der Waals surface area (Å²) in [5, 5.41) is 11.9. The summed E-state index contributed by atoms with van der Waals surface area (Å²) in [6.07, 6.45) is 3.10. The Morgan fingerprint density at radius 1 is 1.28 bits per heavy atom. The highest BCUT2D eigenvalue weighted by Crippen LogP contribution is 2.13. The summed E-state index contributed by atoms with van der Waals surface area (Å²) in [6, 6.07) is 1.85. The molecule has 1 atom stereocenters. The van der Waals surface area contributed by atoms with Gasteiger partial charge < -0.3 is 5.32 Å². The van der Waals surface area contributed by atoms with Crippen molar-refractivity contribution in [1.29, 1.82) is 0 Å². The van der Waals surface area contributed by atoms with Crippen LogP contribution in [0.3, 0.4) is 0 Å². The Morgan fingerprint density at radius 2 is 2.08 bits per heavy atom. The number of nitrogens with one attached hydrogen (secondary N) is 1. The SMILES string of the molecule is CCCn1nc2n(c1=O)CCC(NC(=O)c1cc(C)nn1CC)CC2. The zero-order valence-corrected chi connectivity index (χ0v) is 15.2. The maximum atomic E-state index is 12.6. The first-order chi connectivity index (χ1) is 12.0. The zero-order valence-electron chi connectivity index (χ0n) is 15.2. The fraction of sp³-hybridized carbons (Fsp3) is 0.647. The molecule has 25 heavy (non-hydrogen) atoms. The molecule has 1 aliphatic heterocycles. The number of aryl methyl sites for hydroxylation is 4. The number of hydrogen-bond acceptors (Lipinski definition) is 4. The summed E-state index contributed by atoms with van der Waals surface area (Å²) in [7, 11) is 0. The molecule has 0 aliphatic carbocycles. The van der Waals surface area contributed by atoms with Gasteiger partial charge in [-0.25, -0.2) is 9.48 Å². The van der Waals surface area contributed by atoms with Gasteiger partial charge in [0.1, 0.15) is 11.5 Å². The highest BCUT2D eigenvalue weighted by Gasteiger charge is 2.23. The lowest BCUT2D eigenvalue weighted by atomic mass is 10.1. The Hall–Kier alpha value is -2.38. The average Bonchev–Trinajstić information content (AvgIpc) is 3.03. The summed E-state index contributed by atoms with van der Waals surface area (Å²) in [5.74, 6) is 0.722. The first-order valence-corrected chi connectivity index (χ1v) is 9.05. The van der Waals surface area contributed by atoms with Crippen LogP contribution in [0.15, 0.2) is 10.9 Å². The van der Waals surface area contributed by atoms with Crippen molar-refractivity contribution in [3.63, 3.8) is 0 Å². The highest BCUT2D eigenvalue weighted by atomic mass is 16.2. The molecule has 2 aromatic rings. The molecule has 1 N–H and O–H groups in total. The fourth-order valence-electron chi connectivity index (χ4n) is 3.36. The molecular formula is C17H26N6O2. The van der Waals surface area contributed by atoms with Crippen molar-refractivity contribution >= 4 is 5.91 Å². The highest BCUT2D eigenvalue weighted by molar-refractivity contribution is 5.92. The van der Waals surface area contributed by atoms with Crippen LogP contribution in [-0.2, 0) is 26.1 Å². The second-order valence-electron chi connectivity index (χ2n) is 6.56. The summed E-state index contributed by atoms with van der Waals surface area (Å²) in [4.78, 5) is 24.9.